The monoisotopic (exact) mass is 268 g/mol. The molecule has 5 heteroatoms. The first kappa shape index (κ1) is 13.5. The van der Waals surface area contributed by atoms with Gasteiger partial charge >= 0.3 is 0 Å². The van der Waals surface area contributed by atoms with E-state index in [9.17, 15) is 14.9 Å². The number of nitrogens with zero attached hydrogens (tertiary/aromatic N) is 1. The van der Waals surface area contributed by atoms with Crippen molar-refractivity contribution in [1.82, 2.24) is 0 Å². The number of para-hydroxylation sites is 1. The Morgan fingerprint density at radius 3 is 2.30 bits per heavy atom. The Morgan fingerprint density at radius 1 is 1.05 bits per heavy atom. The molecule has 0 aromatic heterocycles. The van der Waals surface area contributed by atoms with E-state index in [2.05, 4.69) is 5.32 Å². The second-order valence-electron chi connectivity index (χ2n) is 4.01. The highest BCUT2D eigenvalue weighted by Gasteiger charge is 2.06. The van der Waals surface area contributed by atoms with E-state index in [1.807, 2.05) is 30.3 Å². The molecule has 2 aromatic carbocycles. The summed E-state index contributed by atoms with van der Waals surface area (Å²) in [6, 6.07) is 14.9. The van der Waals surface area contributed by atoms with Gasteiger partial charge in [0.15, 0.2) is 5.78 Å². The molecule has 20 heavy (non-hydrogen) atoms. The highest BCUT2D eigenvalue weighted by molar-refractivity contribution is 6.04. The second-order valence-corrected chi connectivity index (χ2v) is 4.01. The molecular formula is C15H12N2O3. The molecule has 0 saturated heterocycles. The van der Waals surface area contributed by atoms with Gasteiger partial charge in [-0.15, -0.1) is 0 Å². The minimum Gasteiger partial charge on any atom is -0.362 e. The predicted molar refractivity (Wildman–Crippen MR) is 76.6 cm³/mol. The van der Waals surface area contributed by atoms with Gasteiger partial charge in [0.1, 0.15) is 0 Å². The van der Waals surface area contributed by atoms with Crippen molar-refractivity contribution >= 4 is 17.2 Å². The van der Waals surface area contributed by atoms with Crippen LogP contribution in [0.1, 0.15) is 10.4 Å². The maximum atomic E-state index is 11.8. The summed E-state index contributed by atoms with van der Waals surface area (Å²) in [6.07, 6.45) is 2.92. The zero-order chi connectivity index (χ0) is 14.4. The number of carbonyl (C=O) groups excluding carboxylic acids is 1. The van der Waals surface area contributed by atoms with Gasteiger partial charge in [0.05, 0.1) is 4.92 Å². The van der Waals surface area contributed by atoms with Crippen LogP contribution >= 0.6 is 0 Å². The summed E-state index contributed by atoms with van der Waals surface area (Å²) in [4.78, 5) is 21.8. The van der Waals surface area contributed by atoms with E-state index in [1.54, 1.807) is 6.20 Å². The van der Waals surface area contributed by atoms with Gasteiger partial charge in [-0.1, -0.05) is 18.2 Å². The molecule has 2 aromatic rings. The number of carbonyl (C=O) groups is 1. The summed E-state index contributed by atoms with van der Waals surface area (Å²) in [5.74, 6) is -0.219. The van der Waals surface area contributed by atoms with Crippen LogP contribution in [0.2, 0.25) is 0 Å². The molecule has 0 fully saturated rings. The zero-order valence-corrected chi connectivity index (χ0v) is 10.5. The summed E-state index contributed by atoms with van der Waals surface area (Å²) in [6.45, 7) is 0. The number of allylic oxidation sites excluding steroid dienone is 1. The number of hydrogen-bond acceptors (Lipinski definition) is 4. The van der Waals surface area contributed by atoms with E-state index in [4.69, 9.17) is 0 Å². The lowest BCUT2D eigenvalue weighted by Crippen LogP contribution is -1.97. The van der Waals surface area contributed by atoms with E-state index >= 15 is 0 Å². The van der Waals surface area contributed by atoms with Crippen LogP contribution in [0.5, 0.6) is 0 Å². The van der Waals surface area contributed by atoms with Crippen molar-refractivity contribution in [2.24, 2.45) is 0 Å². The Bertz CT molecular complexity index is 634. The molecule has 2 rings (SSSR count). The molecule has 0 saturated carbocycles. The molecule has 0 unspecified atom stereocenters. The van der Waals surface area contributed by atoms with Crippen LogP contribution in [-0.4, -0.2) is 10.7 Å². The highest BCUT2D eigenvalue weighted by atomic mass is 16.6. The summed E-state index contributed by atoms with van der Waals surface area (Å²) < 4.78 is 0. The van der Waals surface area contributed by atoms with Crippen molar-refractivity contribution in [2.75, 3.05) is 5.32 Å². The zero-order valence-electron chi connectivity index (χ0n) is 10.5. The van der Waals surface area contributed by atoms with Gasteiger partial charge in [-0.05, 0) is 24.3 Å². The predicted octanol–water partition coefficient (Wildman–Crippen LogP) is 3.40. The molecule has 5 nitrogen and oxygen atoms in total. The third kappa shape index (κ3) is 3.52. The standard InChI is InChI=1S/C15H12N2O3/c18-15(10-11-16-13-4-2-1-3-5-13)12-6-8-14(9-7-12)17(19)20/h1-11,16H/b11-10+. The molecule has 1 N–H and O–H groups in total. The average Bonchev–Trinajstić information content (AvgIpc) is 2.48. The van der Waals surface area contributed by atoms with E-state index in [-0.39, 0.29) is 11.5 Å². The Morgan fingerprint density at radius 2 is 1.70 bits per heavy atom. The van der Waals surface area contributed by atoms with Gasteiger partial charge in [0.25, 0.3) is 5.69 Å². The SMILES string of the molecule is O=C(/C=C/Nc1ccccc1)c1ccc([N+](=O)[O-])cc1. The summed E-state index contributed by atoms with van der Waals surface area (Å²) in [5.41, 5.74) is 1.25. The minimum atomic E-state index is -0.499. The van der Waals surface area contributed by atoms with Crippen molar-refractivity contribution < 1.29 is 9.72 Å². The molecule has 0 radical (unpaired) electrons. The van der Waals surface area contributed by atoms with Crippen molar-refractivity contribution in [1.29, 1.82) is 0 Å². The van der Waals surface area contributed by atoms with E-state index in [1.165, 1.54) is 30.3 Å². The number of anilines is 1. The maximum absolute atomic E-state index is 11.8. The fraction of sp³-hybridized carbons (Fsp3) is 0. The first-order chi connectivity index (χ1) is 9.66. The quantitative estimate of drug-likeness (QED) is 0.390. The topological polar surface area (TPSA) is 72.2 Å². The number of benzene rings is 2. The van der Waals surface area contributed by atoms with Crippen molar-refractivity contribution in [3.8, 4) is 0 Å². The minimum absolute atomic E-state index is 0.0343. The number of ketones is 1. The van der Waals surface area contributed by atoms with Gasteiger partial charge < -0.3 is 5.32 Å². The largest absolute Gasteiger partial charge is 0.362 e. The van der Waals surface area contributed by atoms with Crippen LogP contribution in [0.4, 0.5) is 11.4 Å². The van der Waals surface area contributed by atoms with Crippen LogP contribution in [0.15, 0.2) is 66.9 Å². The third-order valence-electron chi connectivity index (χ3n) is 2.62. The average molecular weight is 268 g/mol. The lowest BCUT2D eigenvalue weighted by atomic mass is 10.1. The summed E-state index contributed by atoms with van der Waals surface area (Å²) >= 11 is 0. The van der Waals surface area contributed by atoms with Crippen molar-refractivity contribution in [3.63, 3.8) is 0 Å². The van der Waals surface area contributed by atoms with Gasteiger partial charge in [0.2, 0.25) is 0 Å². The van der Waals surface area contributed by atoms with Crippen LogP contribution in [0, 0.1) is 10.1 Å². The molecular weight excluding hydrogens is 256 g/mol. The smallest absolute Gasteiger partial charge is 0.269 e. The fourth-order valence-corrected chi connectivity index (χ4v) is 1.59. The van der Waals surface area contributed by atoms with Crippen LogP contribution < -0.4 is 5.32 Å². The first-order valence-electron chi connectivity index (χ1n) is 5.94. The molecule has 0 heterocycles. The Hall–Kier alpha value is -2.95. The number of rotatable bonds is 5. The first-order valence-corrected chi connectivity index (χ1v) is 5.94. The number of hydrogen-bond donors (Lipinski definition) is 1. The van der Waals surface area contributed by atoms with Crippen LogP contribution in [0.25, 0.3) is 0 Å². The molecule has 0 aliphatic heterocycles. The highest BCUT2D eigenvalue weighted by Crippen LogP contribution is 2.12. The van der Waals surface area contributed by atoms with Gasteiger partial charge in [-0.3, -0.25) is 14.9 Å². The lowest BCUT2D eigenvalue weighted by molar-refractivity contribution is -0.384. The fourth-order valence-electron chi connectivity index (χ4n) is 1.59. The van der Waals surface area contributed by atoms with Gasteiger partial charge in [-0.25, -0.2) is 0 Å². The normalized spacial score (nSPS) is 10.4. The van der Waals surface area contributed by atoms with E-state index in [0.29, 0.717) is 5.56 Å². The second kappa shape index (κ2) is 6.29. The number of nitro benzene ring substituents is 1. The molecule has 0 aliphatic rings. The lowest BCUT2D eigenvalue weighted by Gasteiger charge is -1.99. The van der Waals surface area contributed by atoms with Crippen molar-refractivity contribution in [2.45, 2.75) is 0 Å². The molecule has 0 amide bonds. The molecule has 0 aliphatic carbocycles. The number of nitrogens with one attached hydrogen (secondary N) is 1. The number of nitro groups is 1. The van der Waals surface area contributed by atoms with E-state index < -0.39 is 4.92 Å². The molecule has 0 atom stereocenters. The van der Waals surface area contributed by atoms with Gasteiger partial charge in [0, 0.05) is 35.7 Å². The van der Waals surface area contributed by atoms with Crippen LogP contribution in [0.3, 0.4) is 0 Å². The molecule has 0 bridgehead atoms. The summed E-state index contributed by atoms with van der Waals surface area (Å²) in [5, 5.41) is 13.5. The molecule has 100 valence electrons. The Labute approximate surface area is 115 Å². The maximum Gasteiger partial charge on any atom is 0.269 e. The number of non-ortho nitro benzene ring substituents is 1. The van der Waals surface area contributed by atoms with Crippen LogP contribution in [-0.2, 0) is 0 Å². The van der Waals surface area contributed by atoms with Gasteiger partial charge in [-0.2, -0.15) is 0 Å². The van der Waals surface area contributed by atoms with E-state index in [0.717, 1.165) is 5.69 Å². The Kier molecular flexibility index (Phi) is 4.24. The third-order valence-corrected chi connectivity index (χ3v) is 2.62. The summed E-state index contributed by atoms with van der Waals surface area (Å²) in [7, 11) is 0. The Balaban J connectivity index is 1.99. The molecule has 0 spiro atoms. The van der Waals surface area contributed by atoms with Crippen molar-refractivity contribution in [3.05, 3.63) is 82.6 Å².